The topological polar surface area (TPSA) is 3.24 Å². The first kappa shape index (κ1) is 13.3. The van der Waals surface area contributed by atoms with Crippen molar-refractivity contribution in [1.82, 2.24) is 4.90 Å². The number of nitrogens with zero attached hydrogens (tertiary/aromatic N) is 1. The molecule has 0 saturated carbocycles. The van der Waals surface area contributed by atoms with E-state index < -0.39 is 11.6 Å². The molecule has 104 valence electrons. The summed E-state index contributed by atoms with van der Waals surface area (Å²) in [6.07, 6.45) is 0. The van der Waals surface area contributed by atoms with Crippen LogP contribution < -0.4 is 0 Å². The van der Waals surface area contributed by atoms with Crippen molar-refractivity contribution in [1.29, 1.82) is 0 Å². The van der Waals surface area contributed by atoms with Crippen LogP contribution in [-0.4, -0.2) is 18.5 Å². The summed E-state index contributed by atoms with van der Waals surface area (Å²) in [7, 11) is 2.04. The van der Waals surface area contributed by atoms with Crippen molar-refractivity contribution in [3.8, 4) is 0 Å². The Labute approximate surface area is 117 Å². The van der Waals surface area contributed by atoms with E-state index in [1.165, 1.54) is 28.8 Å². The highest BCUT2D eigenvalue weighted by Gasteiger charge is 2.25. The van der Waals surface area contributed by atoms with Crippen molar-refractivity contribution in [2.24, 2.45) is 0 Å². The quantitative estimate of drug-likeness (QED) is 0.763. The molecule has 0 aromatic heterocycles. The fourth-order valence-electron chi connectivity index (χ4n) is 3.04. The summed E-state index contributed by atoms with van der Waals surface area (Å²) in [4.78, 5) is 2.19. The molecular formula is C17H17F2N. The van der Waals surface area contributed by atoms with E-state index in [2.05, 4.69) is 30.0 Å². The molecule has 20 heavy (non-hydrogen) atoms. The zero-order valence-electron chi connectivity index (χ0n) is 11.7. The highest BCUT2D eigenvalue weighted by Crippen LogP contribution is 2.34. The van der Waals surface area contributed by atoms with Crippen LogP contribution in [0.2, 0.25) is 0 Å². The molecule has 1 aliphatic rings. The molecule has 1 aliphatic heterocycles. The van der Waals surface area contributed by atoms with Crippen LogP contribution >= 0.6 is 0 Å². The van der Waals surface area contributed by atoms with Gasteiger partial charge in [-0.15, -0.1) is 0 Å². The normalized spacial score (nSPS) is 18.9. The minimum absolute atomic E-state index is 0.0227. The molecule has 1 unspecified atom stereocenters. The van der Waals surface area contributed by atoms with Gasteiger partial charge in [-0.05, 0) is 42.8 Å². The zero-order valence-corrected chi connectivity index (χ0v) is 11.7. The van der Waals surface area contributed by atoms with Gasteiger partial charge in [0.05, 0.1) is 0 Å². The summed E-state index contributed by atoms with van der Waals surface area (Å²) >= 11 is 0. The maximum Gasteiger partial charge on any atom is 0.126 e. The Morgan fingerprint density at radius 1 is 1.05 bits per heavy atom. The van der Waals surface area contributed by atoms with Gasteiger partial charge in [-0.1, -0.05) is 23.8 Å². The van der Waals surface area contributed by atoms with Crippen LogP contribution in [0.4, 0.5) is 8.78 Å². The fourth-order valence-corrected chi connectivity index (χ4v) is 3.04. The predicted molar refractivity (Wildman–Crippen MR) is 75.7 cm³/mol. The molecule has 0 spiro atoms. The van der Waals surface area contributed by atoms with Gasteiger partial charge in [0, 0.05) is 25.1 Å². The van der Waals surface area contributed by atoms with Crippen LogP contribution in [0.15, 0.2) is 36.4 Å². The number of aryl methyl sites for hydroxylation is 1. The number of rotatable bonds is 1. The average molecular weight is 273 g/mol. The number of fused-ring (bicyclic) bond motifs is 1. The van der Waals surface area contributed by atoms with E-state index in [1.54, 1.807) is 0 Å². The van der Waals surface area contributed by atoms with Crippen LogP contribution in [0.3, 0.4) is 0 Å². The van der Waals surface area contributed by atoms with Crippen molar-refractivity contribution in [2.75, 3.05) is 13.6 Å². The van der Waals surface area contributed by atoms with Gasteiger partial charge < -0.3 is 4.90 Å². The molecule has 0 fully saturated rings. The lowest BCUT2D eigenvalue weighted by Crippen LogP contribution is -2.31. The molecule has 0 bridgehead atoms. The highest BCUT2D eigenvalue weighted by molar-refractivity contribution is 5.42. The molecule has 0 aliphatic carbocycles. The van der Waals surface area contributed by atoms with Crippen LogP contribution in [0.5, 0.6) is 0 Å². The predicted octanol–water partition coefficient (Wildman–Crippen LogP) is 3.85. The summed E-state index contributed by atoms with van der Waals surface area (Å²) in [5.74, 6) is -1.00. The third kappa shape index (κ3) is 2.46. The van der Waals surface area contributed by atoms with Crippen molar-refractivity contribution in [3.05, 3.63) is 70.3 Å². The third-order valence-corrected chi connectivity index (χ3v) is 3.90. The van der Waals surface area contributed by atoms with E-state index in [9.17, 15) is 8.78 Å². The molecule has 0 amide bonds. The van der Waals surface area contributed by atoms with E-state index in [0.717, 1.165) is 19.2 Å². The largest absolute Gasteiger partial charge is 0.301 e. The molecule has 0 N–H and O–H groups in total. The lowest BCUT2D eigenvalue weighted by atomic mass is 9.84. The first-order valence-electron chi connectivity index (χ1n) is 6.77. The van der Waals surface area contributed by atoms with Gasteiger partial charge in [0.15, 0.2) is 0 Å². The SMILES string of the molecule is Cc1ccc2c(c1)CN(C)CC2c1cc(F)cc(F)c1. The summed E-state index contributed by atoms with van der Waals surface area (Å²) in [5, 5.41) is 0. The molecule has 1 nitrogen and oxygen atoms in total. The maximum absolute atomic E-state index is 13.5. The first-order valence-corrected chi connectivity index (χ1v) is 6.77. The average Bonchev–Trinajstić information content (AvgIpc) is 2.36. The van der Waals surface area contributed by atoms with Gasteiger partial charge in [-0.2, -0.15) is 0 Å². The lowest BCUT2D eigenvalue weighted by Gasteiger charge is -2.33. The molecule has 1 atom stereocenters. The van der Waals surface area contributed by atoms with Gasteiger partial charge in [0.1, 0.15) is 11.6 Å². The molecule has 2 aromatic carbocycles. The van der Waals surface area contributed by atoms with E-state index in [4.69, 9.17) is 0 Å². The van der Waals surface area contributed by atoms with Crippen LogP contribution in [-0.2, 0) is 6.54 Å². The molecule has 2 aromatic rings. The van der Waals surface area contributed by atoms with E-state index in [1.807, 2.05) is 7.05 Å². The second-order valence-electron chi connectivity index (χ2n) is 5.65. The maximum atomic E-state index is 13.5. The summed E-state index contributed by atoms with van der Waals surface area (Å²) < 4.78 is 26.9. The van der Waals surface area contributed by atoms with E-state index in [-0.39, 0.29) is 5.92 Å². The molecular weight excluding hydrogens is 256 g/mol. The van der Waals surface area contributed by atoms with Crippen molar-refractivity contribution >= 4 is 0 Å². The smallest absolute Gasteiger partial charge is 0.126 e. The molecule has 0 radical (unpaired) electrons. The highest BCUT2D eigenvalue weighted by atomic mass is 19.1. The summed E-state index contributed by atoms with van der Waals surface area (Å²) in [5.41, 5.74) is 4.34. The monoisotopic (exact) mass is 273 g/mol. The zero-order chi connectivity index (χ0) is 14.3. The summed E-state index contributed by atoms with van der Waals surface area (Å²) in [6, 6.07) is 10.1. The Hall–Kier alpha value is -1.74. The van der Waals surface area contributed by atoms with Gasteiger partial charge in [0.2, 0.25) is 0 Å². The summed E-state index contributed by atoms with van der Waals surface area (Å²) in [6.45, 7) is 3.72. The Morgan fingerprint density at radius 3 is 2.45 bits per heavy atom. The van der Waals surface area contributed by atoms with Crippen LogP contribution in [0.25, 0.3) is 0 Å². The van der Waals surface area contributed by atoms with Crippen LogP contribution in [0.1, 0.15) is 28.2 Å². The molecule has 1 heterocycles. The van der Waals surface area contributed by atoms with Gasteiger partial charge in [-0.25, -0.2) is 8.78 Å². The van der Waals surface area contributed by atoms with Crippen molar-refractivity contribution < 1.29 is 8.78 Å². The van der Waals surface area contributed by atoms with E-state index >= 15 is 0 Å². The second-order valence-corrected chi connectivity index (χ2v) is 5.65. The minimum Gasteiger partial charge on any atom is -0.301 e. The molecule has 3 heteroatoms. The molecule has 0 saturated heterocycles. The fraction of sp³-hybridized carbons (Fsp3) is 0.294. The Balaban J connectivity index is 2.10. The van der Waals surface area contributed by atoms with Gasteiger partial charge in [-0.3, -0.25) is 0 Å². The van der Waals surface area contributed by atoms with Gasteiger partial charge in [0.25, 0.3) is 0 Å². The van der Waals surface area contributed by atoms with Crippen molar-refractivity contribution in [2.45, 2.75) is 19.4 Å². The first-order chi connectivity index (χ1) is 9.52. The third-order valence-electron chi connectivity index (χ3n) is 3.90. The second kappa shape index (κ2) is 4.98. The lowest BCUT2D eigenvalue weighted by molar-refractivity contribution is 0.294. The molecule has 3 rings (SSSR count). The number of benzene rings is 2. The standard InChI is InChI=1S/C17H17F2N/c1-11-3-4-16-13(5-11)9-20(2)10-17(16)12-6-14(18)8-15(19)7-12/h3-8,17H,9-10H2,1-2H3. The van der Waals surface area contributed by atoms with Gasteiger partial charge >= 0.3 is 0 Å². The number of hydrogen-bond donors (Lipinski definition) is 0. The Morgan fingerprint density at radius 2 is 1.75 bits per heavy atom. The number of likely N-dealkylation sites (N-methyl/N-ethyl adjacent to an activating group) is 1. The Kier molecular flexibility index (Phi) is 3.30. The number of halogens is 2. The minimum atomic E-state index is -0.512. The van der Waals surface area contributed by atoms with Crippen LogP contribution in [0, 0.1) is 18.6 Å². The number of hydrogen-bond acceptors (Lipinski definition) is 1. The Bertz CT molecular complexity index is 631. The van der Waals surface area contributed by atoms with E-state index in [0.29, 0.717) is 5.56 Å². The van der Waals surface area contributed by atoms with Crippen molar-refractivity contribution in [3.63, 3.8) is 0 Å².